The lowest BCUT2D eigenvalue weighted by atomic mass is 10.1. The molecule has 0 saturated carbocycles. The van der Waals surface area contributed by atoms with Gasteiger partial charge in [-0.2, -0.15) is 0 Å². The van der Waals surface area contributed by atoms with E-state index in [1.165, 1.54) is 0 Å². The normalized spacial score (nSPS) is 16.7. The van der Waals surface area contributed by atoms with Crippen LogP contribution in [0.25, 0.3) is 10.9 Å². The van der Waals surface area contributed by atoms with Gasteiger partial charge in [-0.1, -0.05) is 12.1 Å². The number of fused-ring (bicyclic) bond motifs is 1. The Bertz CT molecular complexity index is 683. The molecule has 3 rings (SSSR count). The van der Waals surface area contributed by atoms with Crippen molar-refractivity contribution in [3.63, 3.8) is 0 Å². The lowest BCUT2D eigenvalue weighted by Gasteiger charge is -2.21. The highest BCUT2D eigenvalue weighted by atomic mass is 16.3. The Labute approximate surface area is 122 Å². The van der Waals surface area contributed by atoms with Crippen LogP contribution >= 0.6 is 0 Å². The summed E-state index contributed by atoms with van der Waals surface area (Å²) in [7, 11) is 0. The fourth-order valence-corrected chi connectivity index (χ4v) is 2.63. The molecule has 0 spiro atoms. The van der Waals surface area contributed by atoms with Crippen LogP contribution in [0.1, 0.15) is 24.8 Å². The molecule has 0 aliphatic carbocycles. The maximum Gasteiger partial charge on any atom is 0.231 e. The van der Waals surface area contributed by atoms with E-state index in [1.54, 1.807) is 6.20 Å². The molecule has 1 aromatic carbocycles. The summed E-state index contributed by atoms with van der Waals surface area (Å²) in [5.74, 6) is -0.564. The van der Waals surface area contributed by atoms with E-state index >= 15 is 0 Å². The number of carbonyl (C=O) groups is 2. The largest absolute Gasteiger partial charge is 0.373 e. The number of carbonyl (C=O) groups excluding carboxylic acids is 2. The minimum Gasteiger partial charge on any atom is -0.373 e. The van der Waals surface area contributed by atoms with Gasteiger partial charge < -0.3 is 5.11 Å². The Morgan fingerprint density at radius 3 is 2.71 bits per heavy atom. The van der Waals surface area contributed by atoms with Crippen molar-refractivity contribution < 1.29 is 14.7 Å². The number of imide groups is 1. The Morgan fingerprint density at radius 1 is 1.19 bits per heavy atom. The molecule has 1 saturated heterocycles. The van der Waals surface area contributed by atoms with Crippen molar-refractivity contribution in [2.45, 2.75) is 31.9 Å². The number of aliphatic hydroxyl groups is 1. The van der Waals surface area contributed by atoms with E-state index in [1.807, 2.05) is 30.3 Å². The monoisotopic (exact) mass is 284 g/mol. The third kappa shape index (κ3) is 2.78. The minimum absolute atomic E-state index is 0.206. The van der Waals surface area contributed by atoms with Gasteiger partial charge in [-0.3, -0.25) is 19.5 Å². The lowest BCUT2D eigenvalue weighted by Crippen LogP contribution is -2.39. The number of rotatable bonds is 4. The van der Waals surface area contributed by atoms with Gasteiger partial charge in [-0.25, -0.2) is 0 Å². The van der Waals surface area contributed by atoms with Crippen molar-refractivity contribution in [2.24, 2.45) is 0 Å². The summed E-state index contributed by atoms with van der Waals surface area (Å²) in [4.78, 5) is 28.3. The number of amides is 2. The zero-order chi connectivity index (χ0) is 14.8. The van der Waals surface area contributed by atoms with Gasteiger partial charge in [-0.15, -0.1) is 0 Å². The summed E-state index contributed by atoms with van der Waals surface area (Å²) in [5.41, 5.74) is 1.97. The van der Waals surface area contributed by atoms with Crippen molar-refractivity contribution in [3.8, 4) is 0 Å². The zero-order valence-corrected chi connectivity index (χ0v) is 11.5. The number of hydrogen-bond donors (Lipinski definition) is 1. The van der Waals surface area contributed by atoms with Crippen molar-refractivity contribution in [2.75, 3.05) is 0 Å². The summed E-state index contributed by atoms with van der Waals surface area (Å²) in [6.07, 6.45) is 2.08. The molecule has 5 heteroatoms. The molecule has 1 aliphatic rings. The van der Waals surface area contributed by atoms with Crippen LogP contribution in [-0.2, 0) is 16.0 Å². The molecule has 1 N–H and O–H groups in total. The number of aromatic nitrogens is 1. The van der Waals surface area contributed by atoms with Crippen molar-refractivity contribution in [1.82, 2.24) is 9.88 Å². The second-order valence-corrected chi connectivity index (χ2v) is 5.21. The lowest BCUT2D eigenvalue weighted by molar-refractivity contribution is -0.149. The van der Waals surface area contributed by atoms with Gasteiger partial charge in [0.05, 0.1) is 5.52 Å². The molecule has 2 heterocycles. The average Bonchev–Trinajstić information content (AvgIpc) is 2.84. The first-order valence-electron chi connectivity index (χ1n) is 7.02. The highest BCUT2D eigenvalue weighted by molar-refractivity contribution is 6.02. The van der Waals surface area contributed by atoms with Gasteiger partial charge in [-0.05, 0) is 36.6 Å². The third-order valence-electron chi connectivity index (χ3n) is 3.75. The quantitative estimate of drug-likeness (QED) is 0.866. The Morgan fingerprint density at radius 2 is 1.95 bits per heavy atom. The van der Waals surface area contributed by atoms with Gasteiger partial charge in [0.25, 0.3) is 0 Å². The number of aliphatic hydroxyl groups excluding tert-OH is 1. The van der Waals surface area contributed by atoms with Crippen LogP contribution in [0.15, 0.2) is 36.5 Å². The molecule has 5 nitrogen and oxygen atoms in total. The summed E-state index contributed by atoms with van der Waals surface area (Å²) < 4.78 is 0. The van der Waals surface area contributed by atoms with Gasteiger partial charge in [0.2, 0.25) is 11.8 Å². The predicted molar refractivity (Wildman–Crippen MR) is 77.2 cm³/mol. The molecule has 108 valence electrons. The summed E-state index contributed by atoms with van der Waals surface area (Å²) in [6, 6.07) is 9.76. The molecule has 1 fully saturated rings. The minimum atomic E-state index is -1.03. The zero-order valence-electron chi connectivity index (χ0n) is 11.5. The molecule has 1 unspecified atom stereocenters. The summed E-state index contributed by atoms with van der Waals surface area (Å²) >= 11 is 0. The second kappa shape index (κ2) is 5.61. The first kappa shape index (κ1) is 13.7. The number of pyridine rings is 1. The summed E-state index contributed by atoms with van der Waals surface area (Å²) in [5, 5.41) is 11.1. The first-order chi connectivity index (χ1) is 10.1. The van der Waals surface area contributed by atoms with Crippen LogP contribution in [0, 0.1) is 0 Å². The molecule has 1 aromatic heterocycles. The average molecular weight is 284 g/mol. The molecule has 0 bridgehead atoms. The van der Waals surface area contributed by atoms with E-state index in [9.17, 15) is 14.7 Å². The van der Waals surface area contributed by atoms with Crippen molar-refractivity contribution in [1.29, 1.82) is 0 Å². The molecule has 2 amide bonds. The molecule has 1 atom stereocenters. The van der Waals surface area contributed by atoms with Crippen molar-refractivity contribution in [3.05, 3.63) is 42.1 Å². The number of aryl methyl sites for hydroxylation is 1. The molecule has 2 aromatic rings. The predicted octanol–water partition coefficient (Wildman–Crippen LogP) is 1.63. The topological polar surface area (TPSA) is 70.5 Å². The standard InChI is InChI=1S/C16H16N2O3/c19-14(18-15(20)7-8-16(18)21)6-4-11-3-5-13-12(10-11)2-1-9-17-13/h1-3,5,9-10,14,19H,4,6-8H2. The fraction of sp³-hybridized carbons (Fsp3) is 0.312. The van der Waals surface area contributed by atoms with E-state index in [4.69, 9.17) is 0 Å². The summed E-state index contributed by atoms with van der Waals surface area (Å²) in [6.45, 7) is 0. The smallest absolute Gasteiger partial charge is 0.231 e. The number of benzene rings is 1. The maximum atomic E-state index is 11.5. The van der Waals surface area contributed by atoms with Gasteiger partial charge in [0.15, 0.2) is 0 Å². The van der Waals surface area contributed by atoms with E-state index in [2.05, 4.69) is 4.98 Å². The first-order valence-corrected chi connectivity index (χ1v) is 7.02. The van der Waals surface area contributed by atoms with Crippen molar-refractivity contribution >= 4 is 22.7 Å². The highest BCUT2D eigenvalue weighted by Gasteiger charge is 2.33. The molecule has 0 radical (unpaired) electrons. The fourth-order valence-electron chi connectivity index (χ4n) is 2.63. The Kier molecular flexibility index (Phi) is 3.66. The third-order valence-corrected chi connectivity index (χ3v) is 3.75. The van der Waals surface area contributed by atoms with E-state index in [0.29, 0.717) is 12.8 Å². The van der Waals surface area contributed by atoms with Gasteiger partial charge in [0, 0.05) is 24.4 Å². The Hall–Kier alpha value is -2.27. The maximum absolute atomic E-state index is 11.5. The number of hydrogen-bond acceptors (Lipinski definition) is 4. The van der Waals surface area contributed by atoms with Crippen LogP contribution in [-0.4, -0.2) is 33.0 Å². The Balaban J connectivity index is 1.68. The van der Waals surface area contributed by atoms with Crippen LogP contribution in [0.5, 0.6) is 0 Å². The van der Waals surface area contributed by atoms with Gasteiger partial charge >= 0.3 is 0 Å². The van der Waals surface area contributed by atoms with E-state index < -0.39 is 6.23 Å². The SMILES string of the molecule is O=C1CCC(=O)N1C(O)CCc1ccc2ncccc2c1. The van der Waals surface area contributed by atoms with E-state index in [-0.39, 0.29) is 24.7 Å². The highest BCUT2D eigenvalue weighted by Crippen LogP contribution is 2.19. The van der Waals surface area contributed by atoms with E-state index in [0.717, 1.165) is 21.4 Å². The van der Waals surface area contributed by atoms with Crippen LogP contribution < -0.4 is 0 Å². The molecular weight excluding hydrogens is 268 g/mol. The second-order valence-electron chi connectivity index (χ2n) is 5.21. The van der Waals surface area contributed by atoms with Gasteiger partial charge in [0.1, 0.15) is 6.23 Å². The number of nitrogens with zero attached hydrogens (tertiary/aromatic N) is 2. The number of likely N-dealkylation sites (tertiary alicyclic amines) is 1. The van der Waals surface area contributed by atoms with Crippen LogP contribution in [0.2, 0.25) is 0 Å². The molecule has 21 heavy (non-hydrogen) atoms. The molecular formula is C16H16N2O3. The van der Waals surface area contributed by atoms with Crippen LogP contribution in [0.3, 0.4) is 0 Å². The molecule has 1 aliphatic heterocycles. The van der Waals surface area contributed by atoms with Crippen LogP contribution in [0.4, 0.5) is 0 Å².